The molecule has 0 amide bonds. The molecule has 0 radical (unpaired) electrons. The molecule has 0 heterocycles. The molecule has 2 N–H and O–H groups in total. The summed E-state index contributed by atoms with van der Waals surface area (Å²) in [6.07, 6.45) is 3.64. The third-order valence-electron chi connectivity index (χ3n) is 3.62. The van der Waals surface area contributed by atoms with Gasteiger partial charge >= 0.3 is 0 Å². The SMILES string of the molecule is CCCCc1ccc(-c2ccc(OC)cc2CN)cc1. The van der Waals surface area contributed by atoms with Crippen molar-refractivity contribution < 1.29 is 4.74 Å². The van der Waals surface area contributed by atoms with Crippen molar-refractivity contribution in [2.24, 2.45) is 5.73 Å². The van der Waals surface area contributed by atoms with Gasteiger partial charge in [-0.3, -0.25) is 0 Å². The van der Waals surface area contributed by atoms with Crippen LogP contribution in [0.2, 0.25) is 0 Å². The molecule has 0 saturated carbocycles. The predicted octanol–water partition coefficient (Wildman–Crippen LogP) is 4.16. The number of aryl methyl sites for hydroxylation is 1. The van der Waals surface area contributed by atoms with Crippen molar-refractivity contribution in [3.05, 3.63) is 53.6 Å². The highest BCUT2D eigenvalue weighted by Crippen LogP contribution is 2.27. The van der Waals surface area contributed by atoms with Crippen molar-refractivity contribution in [1.29, 1.82) is 0 Å². The van der Waals surface area contributed by atoms with E-state index in [1.165, 1.54) is 29.5 Å². The minimum Gasteiger partial charge on any atom is -0.497 e. The number of benzene rings is 2. The average molecular weight is 269 g/mol. The van der Waals surface area contributed by atoms with Gasteiger partial charge in [-0.2, -0.15) is 0 Å². The second-order valence-corrected chi connectivity index (χ2v) is 5.03. The Bertz CT molecular complexity index is 546. The number of rotatable bonds is 6. The third-order valence-corrected chi connectivity index (χ3v) is 3.62. The van der Waals surface area contributed by atoms with Crippen LogP contribution in [0.4, 0.5) is 0 Å². The summed E-state index contributed by atoms with van der Waals surface area (Å²) in [5.74, 6) is 0.855. The van der Waals surface area contributed by atoms with Crippen LogP contribution in [0.3, 0.4) is 0 Å². The molecule has 0 fully saturated rings. The number of ether oxygens (including phenoxy) is 1. The molecule has 0 aromatic heterocycles. The quantitative estimate of drug-likeness (QED) is 0.854. The number of hydrogen-bond donors (Lipinski definition) is 1. The standard InChI is InChI=1S/C18H23NO/c1-3-4-5-14-6-8-15(9-7-14)18-11-10-17(20-2)12-16(18)13-19/h6-12H,3-5,13,19H2,1-2H3. The lowest BCUT2D eigenvalue weighted by molar-refractivity contribution is 0.414. The van der Waals surface area contributed by atoms with Crippen molar-refractivity contribution in [2.45, 2.75) is 32.7 Å². The van der Waals surface area contributed by atoms with Crippen molar-refractivity contribution >= 4 is 0 Å². The van der Waals surface area contributed by atoms with Gasteiger partial charge in [0.15, 0.2) is 0 Å². The van der Waals surface area contributed by atoms with E-state index in [0.717, 1.165) is 17.7 Å². The van der Waals surface area contributed by atoms with Crippen molar-refractivity contribution in [1.82, 2.24) is 0 Å². The Morgan fingerprint density at radius 3 is 2.40 bits per heavy atom. The van der Waals surface area contributed by atoms with E-state index in [9.17, 15) is 0 Å². The van der Waals surface area contributed by atoms with Crippen LogP contribution in [0.25, 0.3) is 11.1 Å². The summed E-state index contributed by atoms with van der Waals surface area (Å²) in [5, 5.41) is 0. The third kappa shape index (κ3) is 3.40. The van der Waals surface area contributed by atoms with E-state index < -0.39 is 0 Å². The highest BCUT2D eigenvalue weighted by molar-refractivity contribution is 5.68. The maximum absolute atomic E-state index is 5.85. The number of hydrogen-bond acceptors (Lipinski definition) is 2. The summed E-state index contributed by atoms with van der Waals surface area (Å²) in [6.45, 7) is 2.74. The fourth-order valence-corrected chi connectivity index (χ4v) is 2.38. The zero-order valence-electron chi connectivity index (χ0n) is 12.4. The van der Waals surface area contributed by atoms with Crippen LogP contribution in [0.5, 0.6) is 5.75 Å². The van der Waals surface area contributed by atoms with Gasteiger partial charge in [-0.1, -0.05) is 43.7 Å². The molecule has 20 heavy (non-hydrogen) atoms. The summed E-state index contributed by atoms with van der Waals surface area (Å²) in [5.41, 5.74) is 10.8. The van der Waals surface area contributed by atoms with Crippen LogP contribution >= 0.6 is 0 Å². The van der Waals surface area contributed by atoms with Gasteiger partial charge in [0.2, 0.25) is 0 Å². The topological polar surface area (TPSA) is 35.2 Å². The molecule has 0 aliphatic carbocycles. The summed E-state index contributed by atoms with van der Waals surface area (Å²) < 4.78 is 5.26. The summed E-state index contributed by atoms with van der Waals surface area (Å²) in [6, 6.07) is 14.9. The van der Waals surface area contributed by atoms with Gasteiger partial charge in [0.25, 0.3) is 0 Å². The molecule has 0 atom stereocenters. The molecule has 0 bridgehead atoms. The Balaban J connectivity index is 2.26. The minimum atomic E-state index is 0.518. The Morgan fingerprint density at radius 1 is 1.05 bits per heavy atom. The van der Waals surface area contributed by atoms with Crippen LogP contribution in [0.15, 0.2) is 42.5 Å². The Morgan fingerprint density at radius 2 is 1.80 bits per heavy atom. The second-order valence-electron chi connectivity index (χ2n) is 5.03. The largest absolute Gasteiger partial charge is 0.497 e. The number of unbranched alkanes of at least 4 members (excludes halogenated alkanes) is 1. The van der Waals surface area contributed by atoms with Gasteiger partial charge < -0.3 is 10.5 Å². The molecule has 0 aliphatic heterocycles. The first kappa shape index (κ1) is 14.6. The maximum Gasteiger partial charge on any atom is 0.119 e. The second kappa shape index (κ2) is 7.11. The Labute approximate surface area is 121 Å². The molecule has 2 rings (SSSR count). The first-order valence-corrected chi connectivity index (χ1v) is 7.24. The fraction of sp³-hybridized carbons (Fsp3) is 0.333. The van der Waals surface area contributed by atoms with Crippen LogP contribution in [0.1, 0.15) is 30.9 Å². The molecule has 2 aromatic carbocycles. The number of methoxy groups -OCH3 is 1. The molecule has 0 aliphatic rings. The molecule has 2 heteroatoms. The smallest absolute Gasteiger partial charge is 0.119 e. The zero-order valence-corrected chi connectivity index (χ0v) is 12.4. The van der Waals surface area contributed by atoms with Crippen molar-refractivity contribution in [3.63, 3.8) is 0 Å². The van der Waals surface area contributed by atoms with Crippen LogP contribution < -0.4 is 10.5 Å². The average Bonchev–Trinajstić information content (AvgIpc) is 2.52. The van der Waals surface area contributed by atoms with E-state index in [2.05, 4.69) is 37.3 Å². The lowest BCUT2D eigenvalue weighted by Gasteiger charge is -2.11. The molecule has 0 spiro atoms. The minimum absolute atomic E-state index is 0.518. The number of nitrogens with two attached hydrogens (primary N) is 1. The van der Waals surface area contributed by atoms with Gasteiger partial charge in [0, 0.05) is 6.54 Å². The zero-order chi connectivity index (χ0) is 14.4. The van der Waals surface area contributed by atoms with E-state index in [-0.39, 0.29) is 0 Å². The lowest BCUT2D eigenvalue weighted by Crippen LogP contribution is -2.00. The summed E-state index contributed by atoms with van der Waals surface area (Å²) >= 11 is 0. The van der Waals surface area contributed by atoms with Gasteiger partial charge in [-0.25, -0.2) is 0 Å². The normalized spacial score (nSPS) is 10.6. The first-order chi connectivity index (χ1) is 9.78. The van der Waals surface area contributed by atoms with Gasteiger partial charge in [-0.15, -0.1) is 0 Å². The van der Waals surface area contributed by atoms with Crippen LogP contribution in [0, 0.1) is 0 Å². The van der Waals surface area contributed by atoms with E-state index in [1.54, 1.807) is 7.11 Å². The molecule has 0 saturated heterocycles. The molecular formula is C18H23NO. The Kier molecular flexibility index (Phi) is 5.19. The van der Waals surface area contributed by atoms with Crippen molar-refractivity contribution in [3.8, 4) is 16.9 Å². The molecule has 2 aromatic rings. The molecule has 0 unspecified atom stereocenters. The monoisotopic (exact) mass is 269 g/mol. The van der Waals surface area contributed by atoms with Gasteiger partial charge in [-0.05, 0) is 47.2 Å². The van der Waals surface area contributed by atoms with E-state index in [4.69, 9.17) is 10.5 Å². The molecule has 106 valence electrons. The predicted molar refractivity (Wildman–Crippen MR) is 84.9 cm³/mol. The van der Waals surface area contributed by atoms with E-state index in [1.807, 2.05) is 12.1 Å². The van der Waals surface area contributed by atoms with Crippen LogP contribution in [-0.4, -0.2) is 7.11 Å². The van der Waals surface area contributed by atoms with E-state index in [0.29, 0.717) is 6.54 Å². The fourth-order valence-electron chi connectivity index (χ4n) is 2.38. The van der Waals surface area contributed by atoms with Crippen LogP contribution in [-0.2, 0) is 13.0 Å². The lowest BCUT2D eigenvalue weighted by atomic mass is 9.97. The van der Waals surface area contributed by atoms with Gasteiger partial charge in [0.1, 0.15) is 5.75 Å². The first-order valence-electron chi connectivity index (χ1n) is 7.24. The maximum atomic E-state index is 5.85. The van der Waals surface area contributed by atoms with E-state index >= 15 is 0 Å². The Hall–Kier alpha value is -1.80. The summed E-state index contributed by atoms with van der Waals surface area (Å²) in [7, 11) is 1.68. The summed E-state index contributed by atoms with van der Waals surface area (Å²) in [4.78, 5) is 0. The van der Waals surface area contributed by atoms with Gasteiger partial charge in [0.05, 0.1) is 7.11 Å². The van der Waals surface area contributed by atoms with Crippen molar-refractivity contribution in [2.75, 3.05) is 7.11 Å². The highest BCUT2D eigenvalue weighted by Gasteiger charge is 2.06. The molecule has 2 nitrogen and oxygen atoms in total. The highest BCUT2D eigenvalue weighted by atomic mass is 16.5. The molecular weight excluding hydrogens is 246 g/mol.